The van der Waals surface area contributed by atoms with Gasteiger partial charge in [0.15, 0.2) is 5.82 Å². The number of hydrogen-bond acceptors (Lipinski definition) is 5. The molecule has 1 aliphatic heterocycles. The van der Waals surface area contributed by atoms with E-state index < -0.39 is 0 Å². The highest BCUT2D eigenvalue weighted by Gasteiger charge is 2.38. The van der Waals surface area contributed by atoms with Gasteiger partial charge in [-0.3, -0.25) is 0 Å². The first-order chi connectivity index (χ1) is 19.5. The average molecular weight is 529 g/mol. The molecule has 3 N–H and O–H groups in total. The quantitative estimate of drug-likeness (QED) is 0.207. The van der Waals surface area contributed by atoms with Crippen LogP contribution in [0.4, 0.5) is 16.2 Å². The second-order valence-electron chi connectivity index (χ2n) is 9.96. The number of ether oxygens (including phenoxy) is 1. The van der Waals surface area contributed by atoms with Crippen LogP contribution in [0.5, 0.6) is 5.75 Å². The largest absolute Gasteiger partial charge is 0.483 e. The van der Waals surface area contributed by atoms with E-state index in [1.54, 1.807) is 0 Å². The van der Waals surface area contributed by atoms with Crippen molar-refractivity contribution in [1.29, 1.82) is 0 Å². The SMILES string of the molecule is C=C(C)[C@H]1Oc2c(NC(=O)Nc3ccc(C)cc3)cc(-c3ccccc3-c3nnn[nH]3)cc2[C@@H]1c1ccccc1. The fraction of sp³-hybridized carbons (Fsp3) is 0.125. The zero-order valence-electron chi connectivity index (χ0n) is 22.2. The lowest BCUT2D eigenvalue weighted by molar-refractivity contribution is 0.254. The molecule has 0 bridgehead atoms. The number of urea groups is 1. The number of amides is 2. The summed E-state index contributed by atoms with van der Waals surface area (Å²) >= 11 is 0. The Morgan fingerprint density at radius 2 is 1.65 bits per heavy atom. The van der Waals surface area contributed by atoms with E-state index in [9.17, 15) is 4.79 Å². The number of H-pyrrole nitrogens is 1. The van der Waals surface area contributed by atoms with E-state index in [2.05, 4.69) is 56.0 Å². The molecule has 0 spiro atoms. The van der Waals surface area contributed by atoms with Crippen molar-refractivity contribution in [1.82, 2.24) is 20.6 Å². The highest BCUT2D eigenvalue weighted by molar-refractivity contribution is 6.02. The summed E-state index contributed by atoms with van der Waals surface area (Å²) < 4.78 is 6.55. The third-order valence-corrected chi connectivity index (χ3v) is 7.04. The predicted octanol–water partition coefficient (Wildman–Crippen LogP) is 6.96. The smallest absolute Gasteiger partial charge is 0.323 e. The minimum absolute atomic E-state index is 0.103. The Bertz CT molecular complexity index is 1680. The molecule has 0 aliphatic carbocycles. The lowest BCUT2D eigenvalue weighted by atomic mass is 9.84. The number of anilines is 2. The maximum atomic E-state index is 13.2. The van der Waals surface area contributed by atoms with Gasteiger partial charge in [0.25, 0.3) is 0 Å². The average Bonchev–Trinajstić information content (AvgIpc) is 3.64. The maximum Gasteiger partial charge on any atom is 0.323 e. The monoisotopic (exact) mass is 528 g/mol. The number of hydrogen-bond donors (Lipinski definition) is 3. The van der Waals surface area contributed by atoms with E-state index in [0.717, 1.165) is 39.0 Å². The van der Waals surface area contributed by atoms with Gasteiger partial charge in [0.2, 0.25) is 0 Å². The van der Waals surface area contributed by atoms with E-state index in [1.165, 1.54) is 0 Å². The molecule has 0 fully saturated rings. The molecule has 6 rings (SSSR count). The summed E-state index contributed by atoms with van der Waals surface area (Å²) in [4.78, 5) is 13.2. The molecular weight excluding hydrogens is 500 g/mol. The first kappa shape index (κ1) is 25.1. The van der Waals surface area contributed by atoms with Crippen LogP contribution in [0.25, 0.3) is 22.5 Å². The molecule has 2 amide bonds. The zero-order chi connectivity index (χ0) is 27.6. The van der Waals surface area contributed by atoms with Crippen molar-refractivity contribution in [3.05, 3.63) is 120 Å². The van der Waals surface area contributed by atoms with Gasteiger partial charge in [-0.2, -0.15) is 0 Å². The fourth-order valence-electron chi connectivity index (χ4n) is 5.16. The maximum absolute atomic E-state index is 13.2. The number of nitrogens with one attached hydrogen (secondary N) is 3. The van der Waals surface area contributed by atoms with Gasteiger partial charge in [-0.25, -0.2) is 9.89 Å². The molecule has 1 aromatic heterocycles. The summed E-state index contributed by atoms with van der Waals surface area (Å²) in [6, 6.07) is 29.4. The van der Waals surface area contributed by atoms with Crippen LogP contribution in [-0.4, -0.2) is 32.8 Å². The van der Waals surface area contributed by atoms with Crippen molar-refractivity contribution in [2.45, 2.75) is 25.9 Å². The molecule has 0 saturated carbocycles. The van der Waals surface area contributed by atoms with Crippen LogP contribution in [0.3, 0.4) is 0 Å². The second kappa shape index (κ2) is 10.5. The summed E-state index contributed by atoms with van der Waals surface area (Å²) in [5.41, 5.74) is 7.99. The molecule has 8 nitrogen and oxygen atoms in total. The first-order valence-electron chi connectivity index (χ1n) is 13.0. The summed E-state index contributed by atoms with van der Waals surface area (Å²) in [6.07, 6.45) is -0.290. The van der Waals surface area contributed by atoms with Crippen LogP contribution in [-0.2, 0) is 0 Å². The molecule has 5 aromatic rings. The normalized spacial score (nSPS) is 15.7. The molecule has 0 unspecified atom stereocenters. The number of benzene rings is 4. The summed E-state index contributed by atoms with van der Waals surface area (Å²) in [5, 5.41) is 20.5. The Hall–Kier alpha value is -5.24. The van der Waals surface area contributed by atoms with E-state index in [4.69, 9.17) is 4.74 Å². The number of aryl methyl sites for hydroxylation is 1. The number of nitrogens with zero attached hydrogens (tertiary/aromatic N) is 3. The minimum atomic E-state index is -0.366. The van der Waals surface area contributed by atoms with E-state index in [0.29, 0.717) is 22.9 Å². The Kier molecular flexibility index (Phi) is 6.57. The number of carbonyl (C=O) groups excluding carboxylic acids is 1. The minimum Gasteiger partial charge on any atom is -0.483 e. The lowest BCUT2D eigenvalue weighted by Crippen LogP contribution is -2.21. The van der Waals surface area contributed by atoms with Crippen molar-refractivity contribution < 1.29 is 9.53 Å². The third-order valence-electron chi connectivity index (χ3n) is 7.04. The third kappa shape index (κ3) is 4.82. The number of rotatable bonds is 6. The summed E-state index contributed by atoms with van der Waals surface area (Å²) in [5.74, 6) is 1.08. The van der Waals surface area contributed by atoms with Crippen LogP contribution < -0.4 is 15.4 Å². The van der Waals surface area contributed by atoms with E-state index in [1.807, 2.05) is 86.6 Å². The summed E-state index contributed by atoms with van der Waals surface area (Å²) in [6.45, 7) is 8.20. The number of aromatic nitrogens is 4. The second-order valence-corrected chi connectivity index (χ2v) is 9.96. The molecular formula is C32H28N6O2. The Morgan fingerprint density at radius 1 is 0.925 bits per heavy atom. The number of carbonyl (C=O) groups is 1. The molecule has 2 heterocycles. The van der Waals surface area contributed by atoms with Gasteiger partial charge in [0.1, 0.15) is 11.9 Å². The van der Waals surface area contributed by atoms with Crippen LogP contribution in [0.1, 0.15) is 29.5 Å². The van der Waals surface area contributed by atoms with Crippen molar-refractivity contribution >= 4 is 17.4 Å². The molecule has 2 atom stereocenters. The van der Waals surface area contributed by atoms with Crippen LogP contribution >= 0.6 is 0 Å². The van der Waals surface area contributed by atoms with Gasteiger partial charge in [-0.1, -0.05) is 78.9 Å². The number of tetrazole rings is 1. The topological polar surface area (TPSA) is 105 Å². The Balaban J connectivity index is 1.48. The van der Waals surface area contributed by atoms with Gasteiger partial charge in [-0.15, -0.1) is 5.10 Å². The molecule has 0 saturated heterocycles. The Labute approximate surface area is 232 Å². The van der Waals surface area contributed by atoms with Crippen molar-refractivity contribution in [3.8, 4) is 28.3 Å². The van der Waals surface area contributed by atoms with E-state index in [-0.39, 0.29) is 18.1 Å². The van der Waals surface area contributed by atoms with Crippen LogP contribution in [0.15, 0.2) is 103 Å². The molecule has 8 heteroatoms. The molecule has 1 aliphatic rings. The first-order valence-corrected chi connectivity index (χ1v) is 13.0. The number of fused-ring (bicyclic) bond motifs is 1. The highest BCUT2D eigenvalue weighted by Crippen LogP contribution is 2.50. The van der Waals surface area contributed by atoms with E-state index >= 15 is 0 Å². The molecule has 40 heavy (non-hydrogen) atoms. The predicted molar refractivity (Wildman–Crippen MR) is 156 cm³/mol. The summed E-state index contributed by atoms with van der Waals surface area (Å²) in [7, 11) is 0. The van der Waals surface area contributed by atoms with Crippen molar-refractivity contribution in [2.24, 2.45) is 0 Å². The van der Waals surface area contributed by atoms with Gasteiger partial charge in [0.05, 0.1) is 11.6 Å². The lowest BCUT2D eigenvalue weighted by Gasteiger charge is -2.19. The van der Waals surface area contributed by atoms with Crippen molar-refractivity contribution in [2.75, 3.05) is 10.6 Å². The highest BCUT2D eigenvalue weighted by atomic mass is 16.5. The Morgan fingerprint density at radius 3 is 2.35 bits per heavy atom. The van der Waals surface area contributed by atoms with Gasteiger partial charge >= 0.3 is 6.03 Å². The zero-order valence-corrected chi connectivity index (χ0v) is 22.2. The van der Waals surface area contributed by atoms with Gasteiger partial charge < -0.3 is 15.4 Å². The van der Waals surface area contributed by atoms with Gasteiger partial charge in [-0.05, 0) is 70.8 Å². The number of aromatic amines is 1. The molecule has 0 radical (unpaired) electrons. The standard InChI is InChI=1S/C32H28N6O2/c1-19(2)29-28(21-9-5-4-6-10-21)26-17-22(24-11-7-8-12-25(24)31-35-37-38-36-31)18-27(30(26)40-29)34-32(39)33-23-15-13-20(3)14-16-23/h4-18,28-29H,1H2,2-3H3,(H2,33,34,39)(H,35,36,37,38)/t28-,29+/m0/s1. The molecule has 198 valence electrons. The molecule has 4 aromatic carbocycles. The van der Waals surface area contributed by atoms with Crippen LogP contribution in [0.2, 0.25) is 0 Å². The van der Waals surface area contributed by atoms with Crippen LogP contribution in [0, 0.1) is 6.92 Å². The fourth-order valence-corrected chi connectivity index (χ4v) is 5.16. The van der Waals surface area contributed by atoms with Crippen molar-refractivity contribution in [3.63, 3.8) is 0 Å². The van der Waals surface area contributed by atoms with Gasteiger partial charge in [0, 0.05) is 16.8 Å².